The van der Waals surface area contributed by atoms with E-state index in [0.717, 1.165) is 0 Å². The number of nitrogens with zero attached hydrogens (tertiary/aromatic N) is 1. The topological polar surface area (TPSA) is 32.6 Å². The summed E-state index contributed by atoms with van der Waals surface area (Å²) in [4.78, 5) is 3.51. The summed E-state index contributed by atoms with van der Waals surface area (Å²) in [5, 5.41) is 9.61. The molecule has 20 heavy (non-hydrogen) atoms. The van der Waals surface area contributed by atoms with E-state index in [1.807, 2.05) is 0 Å². The minimum absolute atomic E-state index is 0.0180. The summed E-state index contributed by atoms with van der Waals surface area (Å²) >= 11 is 0. The molecule has 112 valence electrons. The van der Waals surface area contributed by atoms with E-state index in [0.29, 0.717) is 12.1 Å². The lowest BCUT2D eigenvalue weighted by Gasteiger charge is -2.16. The number of aliphatic imine (C=N–C) groups is 1. The normalized spacial score (nSPS) is 14.8. The SMILES string of the molecule is CN=CCC(O)c1cc(C(F)(F)F)cc(C(F)(F)F)c1. The first-order valence-electron chi connectivity index (χ1n) is 5.43. The van der Waals surface area contributed by atoms with E-state index in [1.54, 1.807) is 0 Å². The lowest BCUT2D eigenvalue weighted by molar-refractivity contribution is -0.143. The van der Waals surface area contributed by atoms with Gasteiger partial charge >= 0.3 is 12.4 Å². The van der Waals surface area contributed by atoms with Crippen molar-refractivity contribution in [3.63, 3.8) is 0 Å². The zero-order chi connectivity index (χ0) is 15.6. The van der Waals surface area contributed by atoms with E-state index in [1.165, 1.54) is 13.3 Å². The predicted molar refractivity (Wildman–Crippen MR) is 60.4 cm³/mol. The summed E-state index contributed by atoms with van der Waals surface area (Å²) < 4.78 is 75.5. The highest BCUT2D eigenvalue weighted by atomic mass is 19.4. The smallest absolute Gasteiger partial charge is 0.388 e. The summed E-state index contributed by atoms with van der Waals surface area (Å²) in [5.41, 5.74) is -3.35. The maximum Gasteiger partial charge on any atom is 0.416 e. The van der Waals surface area contributed by atoms with Crippen LogP contribution in [-0.2, 0) is 12.4 Å². The molecule has 0 saturated carbocycles. The van der Waals surface area contributed by atoms with Crippen molar-refractivity contribution in [3.05, 3.63) is 34.9 Å². The molecule has 1 N–H and O–H groups in total. The predicted octanol–water partition coefficient (Wildman–Crippen LogP) is 3.85. The molecule has 0 aliphatic carbocycles. The molecule has 0 bridgehead atoms. The van der Waals surface area contributed by atoms with Crippen LogP contribution in [0.2, 0.25) is 0 Å². The van der Waals surface area contributed by atoms with Gasteiger partial charge in [-0.1, -0.05) is 0 Å². The van der Waals surface area contributed by atoms with Crippen LogP contribution in [-0.4, -0.2) is 18.4 Å². The van der Waals surface area contributed by atoms with Gasteiger partial charge in [0.05, 0.1) is 17.2 Å². The highest BCUT2D eigenvalue weighted by Gasteiger charge is 2.37. The molecule has 1 aromatic carbocycles. The molecule has 0 aliphatic heterocycles. The Morgan fingerprint density at radius 2 is 1.50 bits per heavy atom. The van der Waals surface area contributed by atoms with Gasteiger partial charge in [-0.2, -0.15) is 26.3 Å². The fourth-order valence-electron chi connectivity index (χ4n) is 1.51. The molecule has 1 aromatic rings. The number of hydrogen-bond acceptors (Lipinski definition) is 2. The number of halogens is 6. The van der Waals surface area contributed by atoms with E-state index >= 15 is 0 Å². The van der Waals surface area contributed by atoms with Crippen LogP contribution in [0.3, 0.4) is 0 Å². The van der Waals surface area contributed by atoms with Crippen molar-refractivity contribution >= 4 is 6.21 Å². The maximum absolute atomic E-state index is 12.6. The molecule has 8 heteroatoms. The Bertz CT molecular complexity index is 459. The van der Waals surface area contributed by atoms with Crippen LogP contribution in [0.1, 0.15) is 29.2 Å². The van der Waals surface area contributed by atoms with E-state index in [2.05, 4.69) is 4.99 Å². The largest absolute Gasteiger partial charge is 0.416 e. The molecule has 0 aliphatic rings. The summed E-state index contributed by atoms with van der Waals surface area (Å²) in [5.74, 6) is 0. The molecule has 1 atom stereocenters. The van der Waals surface area contributed by atoms with Gasteiger partial charge in [0.1, 0.15) is 0 Å². The lowest BCUT2D eigenvalue weighted by atomic mass is 10.00. The van der Waals surface area contributed by atoms with E-state index in [9.17, 15) is 31.4 Å². The zero-order valence-electron chi connectivity index (χ0n) is 10.3. The van der Waals surface area contributed by atoms with Crippen molar-refractivity contribution in [2.75, 3.05) is 7.05 Å². The third-order valence-corrected chi connectivity index (χ3v) is 2.51. The van der Waals surface area contributed by atoms with Crippen molar-refractivity contribution in [3.8, 4) is 0 Å². The zero-order valence-corrected chi connectivity index (χ0v) is 10.3. The Labute approximate surface area is 110 Å². The number of aliphatic hydroxyl groups is 1. The molecule has 1 unspecified atom stereocenters. The maximum atomic E-state index is 12.6. The van der Waals surface area contributed by atoms with E-state index in [4.69, 9.17) is 0 Å². The summed E-state index contributed by atoms with van der Waals surface area (Å²) in [6, 6.07) is 1.02. The third-order valence-electron chi connectivity index (χ3n) is 2.51. The number of alkyl halides is 6. The van der Waals surface area contributed by atoms with Gasteiger partial charge in [0, 0.05) is 19.7 Å². The number of benzene rings is 1. The van der Waals surface area contributed by atoms with Crippen molar-refractivity contribution in [1.29, 1.82) is 0 Å². The monoisotopic (exact) mass is 299 g/mol. The van der Waals surface area contributed by atoms with Crippen LogP contribution in [0, 0.1) is 0 Å². The molecule has 0 radical (unpaired) electrons. The standard InChI is InChI=1S/C12H11F6NO/c1-19-3-2-10(20)7-4-8(11(13,14)15)6-9(5-7)12(16,17)18/h3-6,10,20H,2H2,1H3. The van der Waals surface area contributed by atoms with Crippen LogP contribution in [0.25, 0.3) is 0 Å². The van der Waals surface area contributed by atoms with Gasteiger partial charge in [-0.15, -0.1) is 0 Å². The Hall–Kier alpha value is -1.57. The van der Waals surface area contributed by atoms with Crippen molar-refractivity contribution in [2.24, 2.45) is 4.99 Å². The Kier molecular flexibility index (Phi) is 4.80. The second-order valence-electron chi connectivity index (χ2n) is 4.03. The van der Waals surface area contributed by atoms with Crippen LogP contribution in [0.15, 0.2) is 23.2 Å². The number of aliphatic hydroxyl groups excluding tert-OH is 1. The Morgan fingerprint density at radius 3 is 1.85 bits per heavy atom. The third kappa shape index (κ3) is 4.22. The Morgan fingerprint density at radius 1 is 1.05 bits per heavy atom. The summed E-state index contributed by atoms with van der Waals surface area (Å²) in [6.45, 7) is 0. The molecule has 2 nitrogen and oxygen atoms in total. The molecule has 0 heterocycles. The van der Waals surface area contributed by atoms with Gasteiger partial charge in [-0.05, 0) is 23.8 Å². The summed E-state index contributed by atoms with van der Waals surface area (Å²) in [6.07, 6.45) is -10.3. The van der Waals surface area contributed by atoms with Crippen LogP contribution < -0.4 is 0 Å². The van der Waals surface area contributed by atoms with Crippen molar-refractivity contribution < 1.29 is 31.4 Å². The second kappa shape index (κ2) is 5.82. The van der Waals surface area contributed by atoms with Crippen molar-refractivity contribution in [1.82, 2.24) is 0 Å². The summed E-state index contributed by atoms with van der Waals surface area (Å²) in [7, 11) is 1.37. The van der Waals surface area contributed by atoms with Gasteiger partial charge in [0.2, 0.25) is 0 Å². The van der Waals surface area contributed by atoms with Crippen LogP contribution >= 0.6 is 0 Å². The average Bonchev–Trinajstić information content (AvgIpc) is 2.33. The van der Waals surface area contributed by atoms with Crippen LogP contribution in [0.5, 0.6) is 0 Å². The van der Waals surface area contributed by atoms with Gasteiger partial charge in [0.25, 0.3) is 0 Å². The fourth-order valence-corrected chi connectivity index (χ4v) is 1.51. The Balaban J connectivity index is 3.30. The molecule has 0 saturated heterocycles. The molecular formula is C12H11F6NO. The van der Waals surface area contributed by atoms with Crippen molar-refractivity contribution in [2.45, 2.75) is 24.9 Å². The molecule has 0 amide bonds. The molecule has 0 spiro atoms. The first-order chi connectivity index (χ1) is 9.05. The molecule has 1 rings (SSSR count). The first-order valence-corrected chi connectivity index (χ1v) is 5.43. The highest BCUT2D eigenvalue weighted by Crippen LogP contribution is 2.37. The molecule has 0 fully saturated rings. The van der Waals surface area contributed by atoms with Gasteiger partial charge in [-0.3, -0.25) is 0 Å². The average molecular weight is 299 g/mol. The minimum Gasteiger partial charge on any atom is -0.388 e. The van der Waals surface area contributed by atoms with Gasteiger partial charge in [-0.25, -0.2) is 0 Å². The fraction of sp³-hybridized carbons (Fsp3) is 0.417. The van der Waals surface area contributed by atoms with E-state index in [-0.39, 0.29) is 12.5 Å². The minimum atomic E-state index is -4.92. The highest BCUT2D eigenvalue weighted by molar-refractivity contribution is 5.58. The number of hydrogen-bond donors (Lipinski definition) is 1. The van der Waals surface area contributed by atoms with Crippen LogP contribution in [0.4, 0.5) is 26.3 Å². The van der Waals surface area contributed by atoms with E-state index < -0.39 is 35.1 Å². The molecule has 0 aromatic heterocycles. The lowest BCUT2D eigenvalue weighted by Crippen LogP contribution is -2.13. The van der Waals surface area contributed by atoms with Gasteiger partial charge in [0.15, 0.2) is 0 Å². The number of rotatable bonds is 3. The quantitative estimate of drug-likeness (QED) is 0.667. The molecular weight excluding hydrogens is 288 g/mol. The van der Waals surface area contributed by atoms with Gasteiger partial charge < -0.3 is 10.1 Å². The second-order valence-corrected chi connectivity index (χ2v) is 4.03. The first kappa shape index (κ1) is 16.5.